The lowest BCUT2D eigenvalue weighted by atomic mass is 10.2. The Balaban J connectivity index is 2.18. The molecule has 0 aliphatic carbocycles. The van der Waals surface area contributed by atoms with Crippen LogP contribution < -0.4 is 5.32 Å². The van der Waals surface area contributed by atoms with Gasteiger partial charge in [-0.15, -0.1) is 6.58 Å². The summed E-state index contributed by atoms with van der Waals surface area (Å²) in [7, 11) is 0. The maximum atomic E-state index is 11.7. The highest BCUT2D eigenvalue weighted by molar-refractivity contribution is 5.96. The van der Waals surface area contributed by atoms with Crippen LogP contribution in [-0.2, 0) is 0 Å². The van der Waals surface area contributed by atoms with Crippen molar-refractivity contribution in [2.75, 3.05) is 6.54 Å². The highest BCUT2D eigenvalue weighted by Gasteiger charge is 2.11. The molecule has 0 aliphatic heterocycles. The van der Waals surface area contributed by atoms with E-state index in [9.17, 15) is 4.79 Å². The van der Waals surface area contributed by atoms with Gasteiger partial charge in [0.25, 0.3) is 5.91 Å². The Hall–Kier alpha value is -2.03. The third-order valence-corrected chi connectivity index (χ3v) is 2.53. The first kappa shape index (κ1) is 11.5. The predicted molar refractivity (Wildman–Crippen MR) is 68.1 cm³/mol. The minimum Gasteiger partial charge on any atom is -0.451 e. The topological polar surface area (TPSA) is 42.2 Å². The van der Waals surface area contributed by atoms with Crippen LogP contribution in [0, 0.1) is 6.92 Å². The molecule has 0 aliphatic rings. The normalized spacial score (nSPS) is 10.4. The summed E-state index contributed by atoms with van der Waals surface area (Å²) in [5.41, 5.74) is 1.89. The molecule has 0 atom stereocenters. The van der Waals surface area contributed by atoms with Crippen LogP contribution in [0.25, 0.3) is 11.0 Å². The highest BCUT2D eigenvalue weighted by Crippen LogP contribution is 2.20. The molecule has 3 heteroatoms. The Morgan fingerprint density at radius 2 is 2.29 bits per heavy atom. The second-order valence-corrected chi connectivity index (χ2v) is 3.99. The molecule has 0 spiro atoms. The molecule has 1 heterocycles. The van der Waals surface area contributed by atoms with Crippen LogP contribution in [-0.4, -0.2) is 12.5 Å². The average Bonchev–Trinajstić information content (AvgIpc) is 2.72. The molecule has 1 N–H and O–H groups in total. The van der Waals surface area contributed by atoms with Crippen LogP contribution in [0.2, 0.25) is 0 Å². The van der Waals surface area contributed by atoms with Crippen LogP contribution in [0.1, 0.15) is 22.5 Å². The van der Waals surface area contributed by atoms with E-state index in [2.05, 4.69) is 11.9 Å². The van der Waals surface area contributed by atoms with Gasteiger partial charge in [0.15, 0.2) is 5.76 Å². The van der Waals surface area contributed by atoms with Crippen LogP contribution >= 0.6 is 0 Å². The molecule has 0 unspecified atom stereocenters. The molecule has 0 bridgehead atoms. The fraction of sp³-hybridized carbons (Fsp3) is 0.214. The molecule has 3 nitrogen and oxygen atoms in total. The van der Waals surface area contributed by atoms with Crippen LogP contribution in [0.5, 0.6) is 0 Å². The monoisotopic (exact) mass is 229 g/mol. The minimum absolute atomic E-state index is 0.180. The Morgan fingerprint density at radius 3 is 3.06 bits per heavy atom. The number of amides is 1. The van der Waals surface area contributed by atoms with Crippen molar-refractivity contribution in [3.63, 3.8) is 0 Å². The highest BCUT2D eigenvalue weighted by atomic mass is 16.3. The summed E-state index contributed by atoms with van der Waals surface area (Å²) in [6.45, 7) is 6.19. The SMILES string of the molecule is C=CCCNC(=O)c1cc2cc(C)ccc2o1. The fourth-order valence-electron chi connectivity index (χ4n) is 1.65. The Kier molecular flexibility index (Phi) is 3.28. The number of carbonyl (C=O) groups is 1. The lowest BCUT2D eigenvalue weighted by Gasteiger charge is -1.98. The van der Waals surface area contributed by atoms with Crippen molar-refractivity contribution in [1.29, 1.82) is 0 Å². The summed E-state index contributed by atoms with van der Waals surface area (Å²) in [6.07, 6.45) is 2.52. The Bertz CT molecular complexity index is 554. The summed E-state index contributed by atoms with van der Waals surface area (Å²) < 4.78 is 5.48. The summed E-state index contributed by atoms with van der Waals surface area (Å²) in [6, 6.07) is 7.61. The van der Waals surface area contributed by atoms with Crippen molar-refractivity contribution < 1.29 is 9.21 Å². The number of benzene rings is 1. The van der Waals surface area contributed by atoms with E-state index in [4.69, 9.17) is 4.42 Å². The van der Waals surface area contributed by atoms with Gasteiger partial charge in [-0.25, -0.2) is 0 Å². The third-order valence-electron chi connectivity index (χ3n) is 2.53. The van der Waals surface area contributed by atoms with Crippen molar-refractivity contribution in [1.82, 2.24) is 5.32 Å². The van der Waals surface area contributed by atoms with Crippen molar-refractivity contribution in [3.05, 3.63) is 48.2 Å². The fourth-order valence-corrected chi connectivity index (χ4v) is 1.65. The number of nitrogens with one attached hydrogen (secondary N) is 1. The predicted octanol–water partition coefficient (Wildman–Crippen LogP) is 3.05. The van der Waals surface area contributed by atoms with Crippen LogP contribution in [0.15, 0.2) is 41.3 Å². The first-order chi connectivity index (χ1) is 8.20. The number of furan rings is 1. The number of aryl methyl sites for hydroxylation is 1. The standard InChI is InChI=1S/C14H15NO2/c1-3-4-7-15-14(16)13-9-11-8-10(2)5-6-12(11)17-13/h3,5-6,8-9H,1,4,7H2,2H3,(H,15,16). The number of hydrogen-bond acceptors (Lipinski definition) is 2. The largest absolute Gasteiger partial charge is 0.451 e. The molecule has 1 aromatic heterocycles. The van der Waals surface area contributed by atoms with Gasteiger partial charge in [0.1, 0.15) is 5.58 Å². The van der Waals surface area contributed by atoms with Crippen LogP contribution in [0.3, 0.4) is 0 Å². The van der Waals surface area contributed by atoms with Gasteiger partial charge in [-0.3, -0.25) is 4.79 Å². The molecule has 0 fully saturated rings. The number of hydrogen-bond donors (Lipinski definition) is 1. The average molecular weight is 229 g/mol. The Morgan fingerprint density at radius 1 is 1.47 bits per heavy atom. The molecule has 88 valence electrons. The van der Waals surface area contributed by atoms with Gasteiger partial charge in [0, 0.05) is 11.9 Å². The van der Waals surface area contributed by atoms with Gasteiger partial charge < -0.3 is 9.73 Å². The van der Waals surface area contributed by atoms with E-state index < -0.39 is 0 Å². The summed E-state index contributed by atoms with van der Waals surface area (Å²) in [5, 5.41) is 3.73. The molecule has 0 saturated heterocycles. The van der Waals surface area contributed by atoms with Crippen molar-refractivity contribution in [2.24, 2.45) is 0 Å². The second kappa shape index (κ2) is 4.87. The molecular formula is C14H15NO2. The van der Waals surface area contributed by atoms with E-state index in [0.717, 1.165) is 23.0 Å². The maximum absolute atomic E-state index is 11.7. The quantitative estimate of drug-likeness (QED) is 0.646. The molecule has 0 saturated carbocycles. The molecule has 1 aromatic carbocycles. The van der Waals surface area contributed by atoms with Crippen LogP contribution in [0.4, 0.5) is 0 Å². The van der Waals surface area contributed by atoms with Crippen molar-refractivity contribution in [3.8, 4) is 0 Å². The molecule has 1 amide bonds. The molecule has 2 rings (SSSR count). The van der Waals surface area contributed by atoms with Crippen molar-refractivity contribution >= 4 is 16.9 Å². The summed E-state index contributed by atoms with van der Waals surface area (Å²) in [5.74, 6) is 0.176. The van der Waals surface area contributed by atoms with E-state index in [-0.39, 0.29) is 5.91 Å². The maximum Gasteiger partial charge on any atom is 0.287 e. The molecule has 2 aromatic rings. The van der Waals surface area contributed by atoms with E-state index in [1.807, 2.05) is 25.1 Å². The van der Waals surface area contributed by atoms with Gasteiger partial charge in [-0.1, -0.05) is 17.7 Å². The number of carbonyl (C=O) groups excluding carboxylic acids is 1. The lowest BCUT2D eigenvalue weighted by Crippen LogP contribution is -2.23. The first-order valence-corrected chi connectivity index (χ1v) is 5.60. The minimum atomic E-state index is -0.180. The van der Waals surface area contributed by atoms with Gasteiger partial charge in [0.2, 0.25) is 0 Å². The summed E-state index contributed by atoms with van der Waals surface area (Å²) >= 11 is 0. The van der Waals surface area contributed by atoms with E-state index >= 15 is 0 Å². The first-order valence-electron chi connectivity index (χ1n) is 5.60. The summed E-state index contributed by atoms with van der Waals surface area (Å²) in [4.78, 5) is 11.7. The third kappa shape index (κ3) is 2.56. The second-order valence-electron chi connectivity index (χ2n) is 3.99. The van der Waals surface area contributed by atoms with Crippen molar-refractivity contribution in [2.45, 2.75) is 13.3 Å². The zero-order valence-corrected chi connectivity index (χ0v) is 9.82. The smallest absolute Gasteiger partial charge is 0.287 e. The number of fused-ring (bicyclic) bond motifs is 1. The zero-order valence-electron chi connectivity index (χ0n) is 9.82. The lowest BCUT2D eigenvalue weighted by molar-refractivity contribution is 0.0929. The van der Waals surface area contributed by atoms with E-state index in [1.54, 1.807) is 12.1 Å². The van der Waals surface area contributed by atoms with Gasteiger partial charge >= 0.3 is 0 Å². The zero-order chi connectivity index (χ0) is 12.3. The van der Waals surface area contributed by atoms with Gasteiger partial charge in [-0.2, -0.15) is 0 Å². The number of rotatable bonds is 4. The Labute approximate surface area is 100 Å². The molecule has 0 radical (unpaired) electrons. The molecular weight excluding hydrogens is 214 g/mol. The van der Waals surface area contributed by atoms with E-state index in [0.29, 0.717) is 12.3 Å². The van der Waals surface area contributed by atoms with Gasteiger partial charge in [0.05, 0.1) is 0 Å². The van der Waals surface area contributed by atoms with E-state index in [1.165, 1.54) is 0 Å². The molecule has 17 heavy (non-hydrogen) atoms. The van der Waals surface area contributed by atoms with Gasteiger partial charge in [-0.05, 0) is 31.5 Å².